The normalized spacial score (nSPS) is 17.0. The van der Waals surface area contributed by atoms with Crippen molar-refractivity contribution in [3.63, 3.8) is 0 Å². The Labute approximate surface area is 140 Å². The van der Waals surface area contributed by atoms with Gasteiger partial charge in [0.05, 0.1) is 29.3 Å². The van der Waals surface area contributed by atoms with Gasteiger partial charge >= 0.3 is 6.18 Å². The fourth-order valence-electron chi connectivity index (χ4n) is 2.88. The topological polar surface area (TPSA) is 97.0 Å². The van der Waals surface area contributed by atoms with Crippen LogP contribution in [0.2, 0.25) is 0 Å². The summed E-state index contributed by atoms with van der Waals surface area (Å²) in [5, 5.41) is 16.1. The van der Waals surface area contributed by atoms with Gasteiger partial charge in [-0.1, -0.05) is 18.2 Å². The molecule has 1 aromatic carbocycles. The molecule has 3 N–H and O–H groups in total. The molecule has 1 aromatic heterocycles. The number of methoxy groups -OCH3 is 1. The maximum absolute atomic E-state index is 13.5. The van der Waals surface area contributed by atoms with E-state index >= 15 is 0 Å². The Morgan fingerprint density at radius 2 is 2.12 bits per heavy atom. The Hall–Kier alpha value is -2.99. The van der Waals surface area contributed by atoms with Gasteiger partial charge in [-0.2, -0.15) is 18.4 Å². The largest absolute Gasteiger partial charge is 0.420 e. The number of rotatable bonds is 3. The molecule has 0 saturated carbocycles. The molecular weight excluding hydrogens is 337 g/mol. The lowest BCUT2D eigenvalue weighted by Crippen LogP contribution is -2.23. The number of nitrogens with zero attached hydrogens (tertiary/aromatic N) is 2. The Bertz CT molecular complexity index is 880. The van der Waals surface area contributed by atoms with Crippen molar-refractivity contribution in [1.29, 1.82) is 5.26 Å². The van der Waals surface area contributed by atoms with E-state index in [1.165, 1.54) is 25.3 Å². The van der Waals surface area contributed by atoms with Gasteiger partial charge in [-0.05, 0) is 11.6 Å². The predicted molar refractivity (Wildman–Crippen MR) is 80.0 cm³/mol. The van der Waals surface area contributed by atoms with Crippen LogP contribution in [0.25, 0.3) is 0 Å². The molecule has 0 aliphatic carbocycles. The number of alkyl halides is 3. The summed E-state index contributed by atoms with van der Waals surface area (Å²) in [6.45, 7) is 0.0645. The maximum atomic E-state index is 13.5. The van der Waals surface area contributed by atoms with Gasteiger partial charge in [0.1, 0.15) is 11.6 Å². The highest BCUT2D eigenvalue weighted by Gasteiger charge is 2.41. The molecule has 0 radical (unpaired) electrons. The molecule has 25 heavy (non-hydrogen) atoms. The van der Waals surface area contributed by atoms with Crippen LogP contribution >= 0.6 is 0 Å². The number of nitrogens with two attached hydrogens (primary N) is 1. The van der Waals surface area contributed by atoms with Crippen molar-refractivity contribution >= 4 is 0 Å². The first-order valence-corrected chi connectivity index (χ1v) is 7.18. The highest BCUT2D eigenvalue weighted by atomic mass is 19.4. The van der Waals surface area contributed by atoms with Crippen LogP contribution in [-0.4, -0.2) is 17.3 Å². The summed E-state index contributed by atoms with van der Waals surface area (Å²) < 4.78 is 50.8. The predicted octanol–water partition coefficient (Wildman–Crippen LogP) is 2.79. The number of nitriles is 1. The smallest absolute Gasteiger partial charge is 0.416 e. The van der Waals surface area contributed by atoms with Gasteiger partial charge in [-0.3, -0.25) is 5.10 Å². The second-order valence-corrected chi connectivity index (χ2v) is 5.36. The lowest BCUT2D eigenvalue weighted by Gasteiger charge is -2.26. The van der Waals surface area contributed by atoms with Crippen LogP contribution in [0, 0.1) is 11.3 Å². The average molecular weight is 350 g/mol. The van der Waals surface area contributed by atoms with Gasteiger partial charge < -0.3 is 15.2 Å². The fourth-order valence-corrected chi connectivity index (χ4v) is 2.88. The van der Waals surface area contributed by atoms with Gasteiger partial charge in [-0.15, -0.1) is 5.10 Å². The number of H-pyrrole nitrogens is 1. The van der Waals surface area contributed by atoms with E-state index in [4.69, 9.17) is 15.2 Å². The quantitative estimate of drug-likeness (QED) is 0.887. The number of fused-ring (bicyclic) bond motifs is 1. The SMILES string of the molecule is COCc1[nH]nc2c1[C@@H](c1ccccc1C(F)(F)F)C(C#N)=C(N)O2. The van der Waals surface area contributed by atoms with Crippen molar-refractivity contribution in [1.82, 2.24) is 10.2 Å². The average Bonchev–Trinajstić information content (AvgIpc) is 2.95. The summed E-state index contributed by atoms with van der Waals surface area (Å²) in [5.74, 6) is -1.30. The van der Waals surface area contributed by atoms with Crippen LogP contribution in [0.3, 0.4) is 0 Å². The number of aromatic nitrogens is 2. The second-order valence-electron chi connectivity index (χ2n) is 5.36. The summed E-state index contributed by atoms with van der Waals surface area (Å²) in [6.07, 6.45) is -4.59. The zero-order valence-corrected chi connectivity index (χ0v) is 13.0. The molecule has 0 saturated heterocycles. The lowest BCUT2D eigenvalue weighted by molar-refractivity contribution is -0.138. The fraction of sp³-hybridized carbons (Fsp3) is 0.250. The molecule has 130 valence electrons. The molecule has 1 atom stereocenters. The molecule has 1 aliphatic rings. The van der Waals surface area contributed by atoms with E-state index in [9.17, 15) is 18.4 Å². The minimum atomic E-state index is -4.59. The third-order valence-electron chi connectivity index (χ3n) is 3.88. The first kappa shape index (κ1) is 16.9. The molecule has 0 fully saturated rings. The van der Waals surface area contributed by atoms with Crippen LogP contribution in [0.4, 0.5) is 13.2 Å². The molecule has 0 spiro atoms. The number of halogens is 3. The standard InChI is InChI=1S/C16H13F3N4O2/c1-24-7-11-13-12(8-4-2-3-5-10(8)16(17,18)19)9(6-20)14(21)25-15(13)23-22-11/h2-5,12H,7,21H2,1H3,(H,22,23)/t12-/m0/s1. The number of aromatic amines is 1. The Kier molecular flexibility index (Phi) is 4.14. The van der Waals surface area contributed by atoms with E-state index in [1.807, 2.05) is 6.07 Å². The molecule has 0 unspecified atom stereocenters. The second kappa shape index (κ2) is 6.14. The van der Waals surface area contributed by atoms with Crippen molar-refractivity contribution in [3.05, 3.63) is 58.1 Å². The van der Waals surface area contributed by atoms with Gasteiger partial charge in [0, 0.05) is 7.11 Å². The molecular formula is C16H13F3N4O2. The number of allylic oxidation sites excluding steroid dienone is 1. The molecule has 6 nitrogen and oxygen atoms in total. The van der Waals surface area contributed by atoms with E-state index < -0.39 is 17.7 Å². The van der Waals surface area contributed by atoms with Crippen molar-refractivity contribution < 1.29 is 22.6 Å². The van der Waals surface area contributed by atoms with Gasteiger partial charge in [0.25, 0.3) is 0 Å². The monoisotopic (exact) mass is 350 g/mol. The molecule has 0 bridgehead atoms. The third kappa shape index (κ3) is 2.81. The number of hydrogen-bond donors (Lipinski definition) is 2. The minimum Gasteiger partial charge on any atom is -0.420 e. The van der Waals surface area contributed by atoms with Crippen molar-refractivity contribution in [3.8, 4) is 11.9 Å². The first-order valence-electron chi connectivity index (χ1n) is 7.18. The van der Waals surface area contributed by atoms with Crippen molar-refractivity contribution in [2.24, 2.45) is 5.73 Å². The molecule has 3 rings (SSSR count). The van der Waals surface area contributed by atoms with Crippen LogP contribution in [0.15, 0.2) is 35.7 Å². The van der Waals surface area contributed by atoms with Crippen molar-refractivity contribution in [2.45, 2.75) is 18.7 Å². The number of hydrogen-bond acceptors (Lipinski definition) is 5. The molecule has 1 aliphatic heterocycles. The highest BCUT2D eigenvalue weighted by molar-refractivity contribution is 5.57. The maximum Gasteiger partial charge on any atom is 0.416 e. The molecule has 0 amide bonds. The summed E-state index contributed by atoms with van der Waals surface area (Å²) in [4.78, 5) is 0. The van der Waals surface area contributed by atoms with Crippen molar-refractivity contribution in [2.75, 3.05) is 7.11 Å². The van der Waals surface area contributed by atoms with Gasteiger partial charge in [-0.25, -0.2) is 0 Å². The van der Waals surface area contributed by atoms with E-state index in [2.05, 4.69) is 10.2 Å². The van der Waals surface area contributed by atoms with E-state index in [-0.39, 0.29) is 29.5 Å². The Morgan fingerprint density at radius 1 is 1.40 bits per heavy atom. The van der Waals surface area contributed by atoms with Crippen LogP contribution < -0.4 is 10.5 Å². The van der Waals surface area contributed by atoms with Crippen LogP contribution in [0.5, 0.6) is 5.88 Å². The Balaban J connectivity index is 2.28. The van der Waals surface area contributed by atoms with Crippen LogP contribution in [0.1, 0.15) is 28.3 Å². The molecule has 9 heteroatoms. The van der Waals surface area contributed by atoms with E-state index in [0.717, 1.165) is 6.07 Å². The molecule has 2 heterocycles. The summed E-state index contributed by atoms with van der Waals surface area (Å²) in [7, 11) is 1.44. The van der Waals surface area contributed by atoms with E-state index in [1.54, 1.807) is 0 Å². The van der Waals surface area contributed by atoms with Gasteiger partial charge in [0.2, 0.25) is 11.8 Å². The number of nitrogens with one attached hydrogen (secondary N) is 1. The zero-order chi connectivity index (χ0) is 18.2. The summed E-state index contributed by atoms with van der Waals surface area (Å²) in [6, 6.07) is 6.90. The Morgan fingerprint density at radius 3 is 2.76 bits per heavy atom. The first-order chi connectivity index (χ1) is 11.9. The van der Waals surface area contributed by atoms with Gasteiger partial charge in [0.15, 0.2) is 0 Å². The summed E-state index contributed by atoms with van der Waals surface area (Å²) >= 11 is 0. The minimum absolute atomic E-state index is 0.0329. The third-order valence-corrected chi connectivity index (χ3v) is 3.88. The number of benzene rings is 1. The highest BCUT2D eigenvalue weighted by Crippen LogP contribution is 2.46. The number of ether oxygens (including phenoxy) is 2. The van der Waals surface area contributed by atoms with Crippen LogP contribution in [-0.2, 0) is 17.5 Å². The van der Waals surface area contributed by atoms with E-state index in [0.29, 0.717) is 11.3 Å². The summed E-state index contributed by atoms with van der Waals surface area (Å²) in [5.41, 5.74) is 5.41. The lowest BCUT2D eigenvalue weighted by atomic mass is 9.81. The zero-order valence-electron chi connectivity index (χ0n) is 13.0. The molecule has 2 aromatic rings.